The predicted octanol–water partition coefficient (Wildman–Crippen LogP) is 5.39. The zero-order chi connectivity index (χ0) is 20.9. The Morgan fingerprint density at radius 1 is 1.03 bits per heavy atom. The SMILES string of the molecule is O=C(NCCC=Cc1ccsc1C(=O)O)OCC1c2ccccc2-c2ccccc21. The molecular weight excluding hydrogens is 398 g/mol. The van der Waals surface area contributed by atoms with Gasteiger partial charge in [-0.1, -0.05) is 60.7 Å². The maximum atomic E-state index is 12.1. The van der Waals surface area contributed by atoms with Crippen LogP contribution in [-0.2, 0) is 4.74 Å². The zero-order valence-electron chi connectivity index (χ0n) is 16.2. The Kier molecular flexibility index (Phi) is 5.95. The number of hydrogen-bond acceptors (Lipinski definition) is 4. The summed E-state index contributed by atoms with van der Waals surface area (Å²) in [6, 6.07) is 18.2. The second-order valence-corrected chi connectivity index (χ2v) is 7.87. The molecule has 0 unspecified atom stereocenters. The Balaban J connectivity index is 1.28. The summed E-state index contributed by atoms with van der Waals surface area (Å²) in [6.07, 6.45) is 3.74. The molecule has 1 aromatic heterocycles. The van der Waals surface area contributed by atoms with Crippen molar-refractivity contribution in [3.8, 4) is 11.1 Å². The van der Waals surface area contributed by atoms with E-state index in [1.165, 1.54) is 33.6 Å². The number of fused-ring (bicyclic) bond motifs is 3. The average molecular weight is 420 g/mol. The molecule has 1 amide bonds. The minimum atomic E-state index is -0.929. The van der Waals surface area contributed by atoms with Crippen molar-refractivity contribution >= 4 is 29.5 Å². The molecule has 0 fully saturated rings. The number of carbonyl (C=O) groups is 2. The van der Waals surface area contributed by atoms with Crippen LogP contribution in [0.2, 0.25) is 0 Å². The van der Waals surface area contributed by atoms with Gasteiger partial charge in [0, 0.05) is 12.5 Å². The smallest absolute Gasteiger partial charge is 0.407 e. The van der Waals surface area contributed by atoms with Crippen molar-refractivity contribution in [3.63, 3.8) is 0 Å². The van der Waals surface area contributed by atoms with Crippen LogP contribution in [0.3, 0.4) is 0 Å². The fourth-order valence-electron chi connectivity index (χ4n) is 3.74. The van der Waals surface area contributed by atoms with Crippen molar-refractivity contribution in [3.05, 3.63) is 87.6 Å². The van der Waals surface area contributed by atoms with Gasteiger partial charge in [-0.25, -0.2) is 9.59 Å². The van der Waals surface area contributed by atoms with Crippen LogP contribution >= 0.6 is 11.3 Å². The third-order valence-electron chi connectivity index (χ3n) is 5.11. The van der Waals surface area contributed by atoms with Crippen LogP contribution in [0.5, 0.6) is 0 Å². The van der Waals surface area contributed by atoms with Crippen LogP contribution in [0.1, 0.15) is 38.7 Å². The van der Waals surface area contributed by atoms with E-state index in [4.69, 9.17) is 9.84 Å². The first kappa shape index (κ1) is 19.9. The molecule has 2 N–H and O–H groups in total. The second-order valence-electron chi connectivity index (χ2n) is 6.95. The van der Waals surface area contributed by atoms with Crippen LogP contribution in [0, 0.1) is 0 Å². The van der Waals surface area contributed by atoms with Crippen LogP contribution < -0.4 is 5.32 Å². The maximum Gasteiger partial charge on any atom is 0.407 e. The number of amides is 1. The summed E-state index contributed by atoms with van der Waals surface area (Å²) in [7, 11) is 0. The molecule has 3 aromatic rings. The van der Waals surface area contributed by atoms with E-state index >= 15 is 0 Å². The number of nitrogens with one attached hydrogen (secondary N) is 1. The minimum Gasteiger partial charge on any atom is -0.477 e. The number of hydrogen-bond donors (Lipinski definition) is 2. The summed E-state index contributed by atoms with van der Waals surface area (Å²) >= 11 is 1.19. The highest BCUT2D eigenvalue weighted by Gasteiger charge is 2.28. The van der Waals surface area contributed by atoms with E-state index in [9.17, 15) is 9.59 Å². The van der Waals surface area contributed by atoms with E-state index in [0.29, 0.717) is 23.4 Å². The number of carbonyl (C=O) groups excluding carboxylic acids is 1. The molecule has 0 saturated heterocycles. The lowest BCUT2D eigenvalue weighted by Gasteiger charge is -2.14. The molecule has 2 aromatic carbocycles. The highest BCUT2D eigenvalue weighted by molar-refractivity contribution is 7.12. The van der Waals surface area contributed by atoms with Crippen LogP contribution in [-0.4, -0.2) is 30.3 Å². The summed E-state index contributed by atoms with van der Waals surface area (Å²) in [5.74, 6) is -0.891. The number of thiophene rings is 1. The van der Waals surface area contributed by atoms with E-state index in [0.717, 1.165) is 0 Å². The number of ether oxygens (including phenoxy) is 1. The number of aromatic carboxylic acids is 1. The molecule has 30 heavy (non-hydrogen) atoms. The number of alkyl carbamates (subject to hydrolysis) is 1. The number of carboxylic acids is 1. The summed E-state index contributed by atoms with van der Waals surface area (Å²) in [6.45, 7) is 0.701. The predicted molar refractivity (Wildman–Crippen MR) is 118 cm³/mol. The average Bonchev–Trinajstić information content (AvgIpc) is 3.35. The number of rotatable bonds is 7. The van der Waals surface area contributed by atoms with Gasteiger partial charge in [-0.05, 0) is 45.7 Å². The maximum absolute atomic E-state index is 12.1. The van der Waals surface area contributed by atoms with E-state index in [1.54, 1.807) is 17.5 Å². The third kappa shape index (κ3) is 4.14. The molecule has 1 aliphatic rings. The first-order valence-electron chi connectivity index (χ1n) is 9.71. The van der Waals surface area contributed by atoms with Gasteiger partial charge in [0.2, 0.25) is 0 Å². The molecule has 0 spiro atoms. The zero-order valence-corrected chi connectivity index (χ0v) is 17.0. The van der Waals surface area contributed by atoms with Crippen LogP contribution in [0.15, 0.2) is 66.1 Å². The highest BCUT2D eigenvalue weighted by Crippen LogP contribution is 2.44. The number of benzene rings is 2. The highest BCUT2D eigenvalue weighted by atomic mass is 32.1. The monoisotopic (exact) mass is 419 g/mol. The van der Waals surface area contributed by atoms with Gasteiger partial charge < -0.3 is 15.2 Å². The lowest BCUT2D eigenvalue weighted by molar-refractivity contribution is 0.0702. The van der Waals surface area contributed by atoms with Gasteiger partial charge in [0.15, 0.2) is 0 Å². The van der Waals surface area contributed by atoms with Gasteiger partial charge in [-0.15, -0.1) is 11.3 Å². The summed E-state index contributed by atoms with van der Waals surface area (Å²) in [5, 5.41) is 13.6. The van der Waals surface area contributed by atoms with Gasteiger partial charge in [0.05, 0.1) is 0 Å². The topological polar surface area (TPSA) is 75.6 Å². The lowest BCUT2D eigenvalue weighted by Crippen LogP contribution is -2.26. The summed E-state index contributed by atoms with van der Waals surface area (Å²) in [5.41, 5.74) is 5.43. The normalized spacial score (nSPS) is 12.5. The van der Waals surface area contributed by atoms with Crippen molar-refractivity contribution in [1.82, 2.24) is 5.32 Å². The standard InChI is InChI=1S/C24H21NO4S/c26-23(27)22-16(12-14-30-22)7-5-6-13-25-24(28)29-15-21-19-10-3-1-8-17(19)18-9-2-4-11-20(18)21/h1-5,7-12,14,21H,6,13,15H2,(H,25,28)(H,26,27). The van der Waals surface area contributed by atoms with Gasteiger partial charge in [-0.3, -0.25) is 0 Å². The van der Waals surface area contributed by atoms with E-state index < -0.39 is 12.1 Å². The quantitative estimate of drug-likeness (QED) is 0.504. The van der Waals surface area contributed by atoms with Crippen molar-refractivity contribution < 1.29 is 19.4 Å². The fourth-order valence-corrected chi connectivity index (χ4v) is 4.47. The first-order valence-corrected chi connectivity index (χ1v) is 10.6. The summed E-state index contributed by atoms with van der Waals surface area (Å²) in [4.78, 5) is 23.5. The van der Waals surface area contributed by atoms with Crippen LogP contribution in [0.25, 0.3) is 17.2 Å². The molecule has 6 heteroatoms. The molecule has 0 aliphatic heterocycles. The minimum absolute atomic E-state index is 0.0380. The molecule has 152 valence electrons. The van der Waals surface area contributed by atoms with E-state index in [-0.39, 0.29) is 12.5 Å². The van der Waals surface area contributed by atoms with Gasteiger partial charge in [0.25, 0.3) is 0 Å². The molecule has 4 rings (SSSR count). The molecule has 1 heterocycles. The Morgan fingerprint density at radius 3 is 2.37 bits per heavy atom. The van der Waals surface area contributed by atoms with Gasteiger partial charge in [-0.2, -0.15) is 0 Å². The van der Waals surface area contributed by atoms with Gasteiger partial charge >= 0.3 is 12.1 Å². The lowest BCUT2D eigenvalue weighted by atomic mass is 9.98. The van der Waals surface area contributed by atoms with Crippen molar-refractivity contribution in [2.75, 3.05) is 13.2 Å². The Bertz CT molecular complexity index is 1060. The van der Waals surface area contributed by atoms with Crippen molar-refractivity contribution in [2.45, 2.75) is 12.3 Å². The molecule has 0 bridgehead atoms. The van der Waals surface area contributed by atoms with Crippen molar-refractivity contribution in [1.29, 1.82) is 0 Å². The number of carboxylic acid groups (broad SMARTS) is 1. The van der Waals surface area contributed by atoms with E-state index in [1.807, 2.05) is 30.3 Å². The summed E-state index contributed by atoms with van der Waals surface area (Å²) < 4.78 is 5.49. The largest absolute Gasteiger partial charge is 0.477 e. The molecule has 0 radical (unpaired) electrons. The fraction of sp³-hybridized carbons (Fsp3) is 0.167. The molecular formula is C24H21NO4S. The molecule has 0 saturated carbocycles. The van der Waals surface area contributed by atoms with Crippen molar-refractivity contribution in [2.24, 2.45) is 0 Å². The van der Waals surface area contributed by atoms with Crippen LogP contribution in [0.4, 0.5) is 4.79 Å². The third-order valence-corrected chi connectivity index (χ3v) is 6.03. The first-order chi connectivity index (χ1) is 14.6. The molecule has 5 nitrogen and oxygen atoms in total. The second kappa shape index (κ2) is 8.97. The Morgan fingerprint density at radius 2 is 1.70 bits per heavy atom. The van der Waals surface area contributed by atoms with E-state index in [2.05, 4.69) is 29.6 Å². The Labute approximate surface area is 178 Å². The van der Waals surface area contributed by atoms with Gasteiger partial charge in [0.1, 0.15) is 11.5 Å². The molecule has 1 aliphatic carbocycles. The Hall–Kier alpha value is -3.38. The molecule has 0 atom stereocenters.